The third-order valence-corrected chi connectivity index (χ3v) is 4.11. The topological polar surface area (TPSA) is 94.7 Å². The van der Waals surface area contributed by atoms with E-state index in [2.05, 4.69) is 21.4 Å². The minimum Gasteiger partial charge on any atom is -0.331 e. The number of urea groups is 1. The maximum absolute atomic E-state index is 13.8. The molecule has 3 saturated heterocycles. The number of halogens is 1. The highest BCUT2D eigenvalue weighted by molar-refractivity contribution is 5.88. The number of carbonyl (C=O) groups is 2. The van der Waals surface area contributed by atoms with Crippen molar-refractivity contribution >= 4 is 11.9 Å². The van der Waals surface area contributed by atoms with E-state index in [4.69, 9.17) is 4.84 Å². The molecule has 3 heterocycles. The van der Waals surface area contributed by atoms with Crippen molar-refractivity contribution in [2.75, 3.05) is 32.8 Å². The molecule has 3 aliphatic rings. The standard InChI is InChI=1S/C12H20FN5O3/c13-8-3-10(18-5-9(8)16-12(18)20)11(19)17-21-6-7-4-14-1-2-15-7/h7-10,14-15H,1-6H2,(H,16,20)(H,17,19). The highest BCUT2D eigenvalue weighted by atomic mass is 19.1. The van der Waals surface area contributed by atoms with E-state index < -0.39 is 30.2 Å². The number of hydrogen-bond acceptors (Lipinski definition) is 5. The molecule has 4 N–H and O–H groups in total. The van der Waals surface area contributed by atoms with Crippen LogP contribution in [0.4, 0.5) is 9.18 Å². The monoisotopic (exact) mass is 301 g/mol. The Balaban J connectivity index is 1.47. The Hall–Kier alpha value is -1.45. The molecule has 0 aromatic rings. The number of hydrogen-bond donors (Lipinski definition) is 4. The summed E-state index contributed by atoms with van der Waals surface area (Å²) in [5.74, 6) is -0.475. The fourth-order valence-electron chi connectivity index (χ4n) is 2.92. The molecule has 9 heteroatoms. The zero-order chi connectivity index (χ0) is 14.8. The largest absolute Gasteiger partial charge is 0.331 e. The predicted octanol–water partition coefficient (Wildman–Crippen LogP) is -1.90. The Bertz CT molecular complexity index is 418. The molecule has 0 aromatic carbocycles. The van der Waals surface area contributed by atoms with Gasteiger partial charge in [-0.3, -0.25) is 9.63 Å². The van der Waals surface area contributed by atoms with Crippen LogP contribution in [0.2, 0.25) is 0 Å². The third-order valence-electron chi connectivity index (χ3n) is 4.11. The van der Waals surface area contributed by atoms with Gasteiger partial charge < -0.3 is 20.9 Å². The average Bonchev–Trinajstić information content (AvgIpc) is 2.82. The van der Waals surface area contributed by atoms with Gasteiger partial charge >= 0.3 is 6.03 Å². The second kappa shape index (κ2) is 6.12. The van der Waals surface area contributed by atoms with Gasteiger partial charge in [-0.25, -0.2) is 14.7 Å². The van der Waals surface area contributed by atoms with Crippen LogP contribution in [0.5, 0.6) is 0 Å². The molecule has 4 unspecified atom stereocenters. The Morgan fingerprint density at radius 3 is 3.10 bits per heavy atom. The number of piperazine rings is 1. The molecule has 8 nitrogen and oxygen atoms in total. The van der Waals surface area contributed by atoms with Gasteiger partial charge in [0, 0.05) is 38.6 Å². The summed E-state index contributed by atoms with van der Waals surface area (Å²) in [6.07, 6.45) is -1.20. The Labute approximate surface area is 121 Å². The molecule has 0 saturated carbocycles. The van der Waals surface area contributed by atoms with Crippen molar-refractivity contribution in [3.05, 3.63) is 0 Å². The summed E-state index contributed by atoms with van der Waals surface area (Å²) in [4.78, 5) is 30.2. The van der Waals surface area contributed by atoms with Crippen molar-refractivity contribution in [1.82, 2.24) is 26.3 Å². The fourth-order valence-corrected chi connectivity index (χ4v) is 2.92. The van der Waals surface area contributed by atoms with Crippen LogP contribution < -0.4 is 21.4 Å². The summed E-state index contributed by atoms with van der Waals surface area (Å²) in [6.45, 7) is 3.07. The Morgan fingerprint density at radius 1 is 1.48 bits per heavy atom. The molecule has 3 rings (SSSR count). The van der Waals surface area contributed by atoms with Gasteiger partial charge in [-0.15, -0.1) is 0 Å². The van der Waals surface area contributed by atoms with Crippen LogP contribution in [0.15, 0.2) is 0 Å². The minimum atomic E-state index is -1.20. The SMILES string of the molecule is O=C(NOCC1CNCCN1)C1CC(F)C2CN1C(=O)N2. The maximum Gasteiger partial charge on any atom is 0.318 e. The first-order valence-electron chi connectivity index (χ1n) is 7.22. The fraction of sp³-hybridized carbons (Fsp3) is 0.833. The highest BCUT2D eigenvalue weighted by Gasteiger charge is 2.47. The van der Waals surface area contributed by atoms with Gasteiger partial charge in [0.05, 0.1) is 12.6 Å². The molecule has 0 aliphatic carbocycles. The number of amides is 3. The zero-order valence-electron chi connectivity index (χ0n) is 11.6. The van der Waals surface area contributed by atoms with Gasteiger partial charge in [0.1, 0.15) is 12.2 Å². The lowest BCUT2D eigenvalue weighted by Crippen LogP contribution is -2.54. The maximum atomic E-state index is 13.8. The zero-order valence-corrected chi connectivity index (χ0v) is 11.6. The van der Waals surface area contributed by atoms with Crippen molar-refractivity contribution in [2.24, 2.45) is 0 Å². The van der Waals surface area contributed by atoms with Crippen molar-refractivity contribution < 1.29 is 18.8 Å². The molecule has 0 radical (unpaired) electrons. The number of rotatable bonds is 4. The summed E-state index contributed by atoms with van der Waals surface area (Å²) in [7, 11) is 0. The first-order valence-corrected chi connectivity index (χ1v) is 7.22. The lowest BCUT2D eigenvalue weighted by Gasteiger charge is -2.31. The molecule has 118 valence electrons. The van der Waals surface area contributed by atoms with Gasteiger partial charge in [-0.2, -0.15) is 0 Å². The molecule has 21 heavy (non-hydrogen) atoms. The van der Waals surface area contributed by atoms with Crippen LogP contribution in [0, 0.1) is 0 Å². The summed E-state index contributed by atoms with van der Waals surface area (Å²) < 4.78 is 13.8. The summed E-state index contributed by atoms with van der Waals surface area (Å²) in [6, 6.07) is -1.58. The van der Waals surface area contributed by atoms with E-state index in [-0.39, 0.29) is 19.0 Å². The third kappa shape index (κ3) is 3.09. The van der Waals surface area contributed by atoms with Crippen LogP contribution in [-0.2, 0) is 9.63 Å². The number of carbonyl (C=O) groups excluding carboxylic acids is 2. The summed E-state index contributed by atoms with van der Waals surface area (Å²) >= 11 is 0. The van der Waals surface area contributed by atoms with E-state index in [1.54, 1.807) is 0 Å². The first kappa shape index (κ1) is 14.5. The molecule has 3 amide bonds. The molecular weight excluding hydrogens is 281 g/mol. The van der Waals surface area contributed by atoms with E-state index in [1.807, 2.05) is 0 Å². The van der Waals surface area contributed by atoms with Crippen molar-refractivity contribution in [2.45, 2.75) is 30.7 Å². The van der Waals surface area contributed by atoms with E-state index in [9.17, 15) is 14.0 Å². The number of hydroxylamine groups is 1. The number of alkyl halides is 1. The van der Waals surface area contributed by atoms with Gasteiger partial charge in [0.25, 0.3) is 5.91 Å². The smallest absolute Gasteiger partial charge is 0.318 e. The number of nitrogens with zero attached hydrogens (tertiary/aromatic N) is 1. The molecular formula is C12H20FN5O3. The predicted molar refractivity (Wildman–Crippen MR) is 71.1 cm³/mol. The normalized spacial score (nSPS) is 35.5. The summed E-state index contributed by atoms with van der Waals surface area (Å²) in [5.41, 5.74) is 2.33. The summed E-state index contributed by atoms with van der Waals surface area (Å²) in [5, 5.41) is 8.97. The molecule has 0 spiro atoms. The van der Waals surface area contributed by atoms with Crippen LogP contribution in [0.1, 0.15) is 6.42 Å². The molecule has 0 aromatic heterocycles. The van der Waals surface area contributed by atoms with Crippen molar-refractivity contribution in [3.63, 3.8) is 0 Å². The highest BCUT2D eigenvalue weighted by Crippen LogP contribution is 2.25. The van der Waals surface area contributed by atoms with Gasteiger partial charge in [-0.1, -0.05) is 0 Å². The minimum absolute atomic E-state index is 0.00182. The van der Waals surface area contributed by atoms with E-state index in [1.165, 1.54) is 4.90 Å². The first-order chi connectivity index (χ1) is 10.1. The van der Waals surface area contributed by atoms with Crippen LogP contribution in [0.3, 0.4) is 0 Å². The van der Waals surface area contributed by atoms with Gasteiger partial charge in [-0.05, 0) is 0 Å². The second-order valence-electron chi connectivity index (χ2n) is 5.61. The van der Waals surface area contributed by atoms with Gasteiger partial charge in [0.15, 0.2) is 0 Å². The number of nitrogens with one attached hydrogen (secondary N) is 4. The molecule has 3 fully saturated rings. The molecule has 2 bridgehead atoms. The van der Waals surface area contributed by atoms with E-state index in [0.29, 0.717) is 6.61 Å². The average molecular weight is 301 g/mol. The van der Waals surface area contributed by atoms with Crippen LogP contribution >= 0.6 is 0 Å². The van der Waals surface area contributed by atoms with Crippen LogP contribution in [-0.4, -0.2) is 73.9 Å². The second-order valence-corrected chi connectivity index (χ2v) is 5.61. The molecule has 4 atom stereocenters. The van der Waals surface area contributed by atoms with Crippen molar-refractivity contribution in [1.29, 1.82) is 0 Å². The lowest BCUT2D eigenvalue weighted by atomic mass is 9.99. The Kier molecular flexibility index (Phi) is 4.22. The van der Waals surface area contributed by atoms with Crippen molar-refractivity contribution in [3.8, 4) is 0 Å². The van der Waals surface area contributed by atoms with Crippen LogP contribution in [0.25, 0.3) is 0 Å². The molecule has 3 aliphatic heterocycles. The lowest BCUT2D eigenvalue weighted by molar-refractivity contribution is -0.140. The van der Waals surface area contributed by atoms with Gasteiger partial charge in [0.2, 0.25) is 0 Å². The number of piperidine rings is 1. The number of fused-ring (bicyclic) bond motifs is 2. The van der Waals surface area contributed by atoms with E-state index in [0.717, 1.165) is 19.6 Å². The Morgan fingerprint density at radius 2 is 2.33 bits per heavy atom. The van der Waals surface area contributed by atoms with E-state index >= 15 is 0 Å². The quantitative estimate of drug-likeness (QED) is 0.455.